The summed E-state index contributed by atoms with van der Waals surface area (Å²) in [4.78, 5) is 19.3. The fourth-order valence-corrected chi connectivity index (χ4v) is 5.43. The van der Waals surface area contributed by atoms with Gasteiger partial charge >= 0.3 is 0 Å². The van der Waals surface area contributed by atoms with E-state index in [1.54, 1.807) is 12.3 Å². The Morgan fingerprint density at radius 1 is 1.19 bits per heavy atom. The van der Waals surface area contributed by atoms with E-state index < -0.39 is 5.60 Å². The topological polar surface area (TPSA) is 53.4 Å². The molecular formula is C28H32N2O2. The number of carbonyl (C=O) groups excluding carboxylic acids is 1. The molecule has 4 nitrogen and oxygen atoms in total. The summed E-state index contributed by atoms with van der Waals surface area (Å²) in [7, 11) is 0. The molecule has 1 aromatic carbocycles. The Kier molecular flexibility index (Phi) is 6.83. The molecule has 2 heterocycles. The van der Waals surface area contributed by atoms with Gasteiger partial charge in [0.15, 0.2) is 5.78 Å². The second-order valence-electron chi connectivity index (χ2n) is 9.24. The van der Waals surface area contributed by atoms with E-state index in [-0.39, 0.29) is 5.78 Å². The lowest BCUT2D eigenvalue weighted by molar-refractivity contribution is 0.0363. The van der Waals surface area contributed by atoms with Crippen LogP contribution < -0.4 is 0 Å². The summed E-state index contributed by atoms with van der Waals surface area (Å²) in [5, 5.41) is 11.2. The molecule has 1 aromatic heterocycles. The molecule has 0 amide bonds. The van der Waals surface area contributed by atoms with Crippen molar-refractivity contribution in [2.45, 2.75) is 31.8 Å². The molecule has 3 atom stereocenters. The van der Waals surface area contributed by atoms with E-state index in [9.17, 15) is 9.90 Å². The Balaban J connectivity index is 1.32. The first-order valence-corrected chi connectivity index (χ1v) is 11.4. The molecule has 0 spiro atoms. The van der Waals surface area contributed by atoms with Crippen molar-refractivity contribution in [3.05, 3.63) is 90.8 Å². The van der Waals surface area contributed by atoms with Gasteiger partial charge in [-0.15, -0.1) is 0 Å². The molecule has 2 fully saturated rings. The van der Waals surface area contributed by atoms with Crippen molar-refractivity contribution < 1.29 is 9.90 Å². The molecular weight excluding hydrogens is 396 g/mol. The molecule has 1 saturated carbocycles. The van der Waals surface area contributed by atoms with E-state index in [0.717, 1.165) is 48.2 Å². The van der Waals surface area contributed by atoms with Crippen LogP contribution in [0.2, 0.25) is 0 Å². The number of pyridine rings is 1. The molecule has 0 bridgehead atoms. The smallest absolute Gasteiger partial charge is 0.176 e. The lowest BCUT2D eigenvalue weighted by atomic mass is 9.90. The van der Waals surface area contributed by atoms with Crippen LogP contribution in [0.5, 0.6) is 0 Å². The van der Waals surface area contributed by atoms with Gasteiger partial charge in [-0.2, -0.15) is 0 Å². The summed E-state index contributed by atoms with van der Waals surface area (Å²) in [6.07, 6.45) is 13.7. The number of aliphatic hydroxyl groups is 1. The maximum absolute atomic E-state index is 12.9. The number of aromatic nitrogens is 1. The third-order valence-electron chi connectivity index (χ3n) is 6.75. The zero-order valence-electron chi connectivity index (χ0n) is 18.8. The zero-order valence-corrected chi connectivity index (χ0v) is 18.8. The molecule has 4 rings (SSSR count). The number of hydrogen-bond donors (Lipinski definition) is 1. The molecule has 1 aliphatic carbocycles. The van der Waals surface area contributed by atoms with Crippen molar-refractivity contribution in [2.75, 3.05) is 19.6 Å². The Morgan fingerprint density at radius 3 is 2.50 bits per heavy atom. The van der Waals surface area contributed by atoms with E-state index >= 15 is 0 Å². The SMILES string of the molecule is C=C/C=C(\C=C/C)C[C@]1(O)C[C@H]2CN(CC(=O)c3ccc(-c4cccnc4)cc3)C[C@H]2C1. The van der Waals surface area contributed by atoms with Crippen LogP contribution in [0.15, 0.2) is 85.2 Å². The van der Waals surface area contributed by atoms with Gasteiger partial charge in [0.1, 0.15) is 0 Å². The third-order valence-corrected chi connectivity index (χ3v) is 6.75. The van der Waals surface area contributed by atoms with Crippen molar-refractivity contribution in [2.24, 2.45) is 11.8 Å². The fourth-order valence-electron chi connectivity index (χ4n) is 5.43. The predicted octanol–water partition coefficient (Wildman–Crippen LogP) is 5.08. The zero-order chi connectivity index (χ0) is 22.6. The van der Waals surface area contributed by atoms with E-state index in [1.807, 2.05) is 61.7 Å². The van der Waals surface area contributed by atoms with Crippen LogP contribution in [0, 0.1) is 11.8 Å². The van der Waals surface area contributed by atoms with Crippen LogP contribution in [0.4, 0.5) is 0 Å². The maximum Gasteiger partial charge on any atom is 0.176 e. The van der Waals surface area contributed by atoms with Gasteiger partial charge in [0, 0.05) is 37.5 Å². The van der Waals surface area contributed by atoms with Gasteiger partial charge in [0.05, 0.1) is 12.1 Å². The standard InChI is InChI=1S/C28H32N2O2/c1-3-6-21(7-4-2)14-28(32)15-25-18-30(19-26(25)16-28)20-27(31)23-11-9-22(10-12-23)24-8-5-13-29-17-24/h3-13,17,25-26,32H,1,14-16,18-20H2,2H3/b7-4-,21-6+/t25-,26+,28-. The van der Waals surface area contributed by atoms with Gasteiger partial charge in [-0.1, -0.05) is 61.2 Å². The Morgan fingerprint density at radius 2 is 1.91 bits per heavy atom. The largest absolute Gasteiger partial charge is 0.390 e. The molecule has 2 aromatic rings. The molecule has 1 saturated heterocycles. The van der Waals surface area contributed by atoms with E-state index in [4.69, 9.17) is 0 Å². The quantitative estimate of drug-likeness (QED) is 0.470. The number of nitrogens with zero attached hydrogens (tertiary/aromatic N) is 2. The first kappa shape index (κ1) is 22.4. The lowest BCUT2D eigenvalue weighted by Gasteiger charge is -2.26. The Hall–Kier alpha value is -2.82. The van der Waals surface area contributed by atoms with Crippen LogP contribution in [0.25, 0.3) is 11.1 Å². The first-order chi connectivity index (χ1) is 15.5. The van der Waals surface area contributed by atoms with Crippen LogP contribution in [-0.2, 0) is 0 Å². The Labute approximate surface area is 191 Å². The van der Waals surface area contributed by atoms with E-state index in [0.29, 0.717) is 24.8 Å². The van der Waals surface area contributed by atoms with Gasteiger partial charge in [-0.3, -0.25) is 14.7 Å². The Bertz CT molecular complexity index is 993. The third kappa shape index (κ3) is 5.14. The average molecular weight is 429 g/mol. The molecule has 1 N–H and O–H groups in total. The molecule has 1 aliphatic heterocycles. The van der Waals surface area contributed by atoms with E-state index in [1.165, 1.54) is 0 Å². The first-order valence-electron chi connectivity index (χ1n) is 11.4. The van der Waals surface area contributed by atoms with Crippen molar-refractivity contribution in [3.63, 3.8) is 0 Å². The summed E-state index contributed by atoms with van der Waals surface area (Å²) in [5.41, 5.74) is 3.32. The number of benzene rings is 1. The van der Waals surface area contributed by atoms with Gasteiger partial charge in [-0.25, -0.2) is 0 Å². The molecule has 0 radical (unpaired) electrons. The minimum atomic E-state index is -0.651. The normalized spacial score (nSPS) is 25.9. The van der Waals surface area contributed by atoms with Crippen LogP contribution in [0.3, 0.4) is 0 Å². The van der Waals surface area contributed by atoms with Crippen molar-refractivity contribution in [3.8, 4) is 11.1 Å². The summed E-state index contributed by atoms with van der Waals surface area (Å²) in [5.74, 6) is 1.06. The van der Waals surface area contributed by atoms with Crippen LogP contribution in [-0.4, -0.2) is 46.0 Å². The van der Waals surface area contributed by atoms with E-state index in [2.05, 4.69) is 22.5 Å². The number of fused-ring (bicyclic) bond motifs is 1. The van der Waals surface area contributed by atoms with Gasteiger partial charge in [-0.05, 0) is 54.4 Å². The number of allylic oxidation sites excluding steroid dienone is 4. The number of likely N-dealkylation sites (tertiary alicyclic amines) is 1. The molecule has 166 valence electrons. The summed E-state index contributed by atoms with van der Waals surface area (Å²) in [6.45, 7) is 7.99. The lowest BCUT2D eigenvalue weighted by Crippen LogP contribution is -2.33. The number of hydrogen-bond acceptors (Lipinski definition) is 4. The second kappa shape index (κ2) is 9.76. The highest BCUT2D eigenvalue weighted by molar-refractivity contribution is 5.98. The highest BCUT2D eigenvalue weighted by atomic mass is 16.3. The average Bonchev–Trinajstić information content (AvgIpc) is 3.28. The molecule has 2 aliphatic rings. The summed E-state index contributed by atoms with van der Waals surface area (Å²) < 4.78 is 0. The number of Topliss-reactive ketones (excluding diaryl/α,β-unsaturated/α-hetero) is 1. The summed E-state index contributed by atoms with van der Waals surface area (Å²) >= 11 is 0. The minimum absolute atomic E-state index is 0.155. The van der Waals surface area contributed by atoms with Crippen molar-refractivity contribution in [1.29, 1.82) is 0 Å². The van der Waals surface area contributed by atoms with Gasteiger partial charge in [0.25, 0.3) is 0 Å². The number of ketones is 1. The second-order valence-corrected chi connectivity index (χ2v) is 9.24. The van der Waals surface area contributed by atoms with Crippen LogP contribution in [0.1, 0.15) is 36.5 Å². The molecule has 4 heteroatoms. The highest BCUT2D eigenvalue weighted by Gasteiger charge is 2.48. The predicted molar refractivity (Wildman–Crippen MR) is 129 cm³/mol. The number of rotatable bonds is 8. The fraction of sp³-hybridized carbons (Fsp3) is 0.357. The highest BCUT2D eigenvalue weighted by Crippen LogP contribution is 2.46. The summed E-state index contributed by atoms with van der Waals surface area (Å²) in [6, 6.07) is 11.7. The number of carbonyl (C=O) groups is 1. The molecule has 0 unspecified atom stereocenters. The van der Waals surface area contributed by atoms with Crippen molar-refractivity contribution >= 4 is 5.78 Å². The van der Waals surface area contributed by atoms with Gasteiger partial charge < -0.3 is 5.11 Å². The van der Waals surface area contributed by atoms with Crippen LogP contribution >= 0.6 is 0 Å². The minimum Gasteiger partial charge on any atom is -0.390 e. The molecule has 32 heavy (non-hydrogen) atoms. The van der Waals surface area contributed by atoms with Gasteiger partial charge in [0.2, 0.25) is 0 Å². The van der Waals surface area contributed by atoms with Crippen molar-refractivity contribution in [1.82, 2.24) is 9.88 Å². The monoisotopic (exact) mass is 428 g/mol. The maximum atomic E-state index is 12.9.